The van der Waals surface area contributed by atoms with Gasteiger partial charge in [0.2, 0.25) is 0 Å². The standard InChI is InChI=1S/C16H21N3OS/c1-11(2)20-13-7-5-12(6-8-13)19-9-3-4-15(19)14-10-21-16(17)18-14/h5-8,10-11,15H,3-4,9H2,1-2H3,(H2,17,18)/t15-/m1/s1. The topological polar surface area (TPSA) is 51.4 Å². The van der Waals surface area contributed by atoms with Crippen molar-refractivity contribution in [2.45, 2.75) is 38.8 Å². The van der Waals surface area contributed by atoms with Crippen molar-refractivity contribution in [3.05, 3.63) is 35.3 Å². The summed E-state index contributed by atoms with van der Waals surface area (Å²) in [6.45, 7) is 5.14. The third-order valence-corrected chi connectivity index (χ3v) is 4.37. The second-order valence-electron chi connectivity index (χ2n) is 5.62. The molecule has 2 N–H and O–H groups in total. The van der Waals surface area contributed by atoms with Crippen molar-refractivity contribution in [1.82, 2.24) is 4.98 Å². The summed E-state index contributed by atoms with van der Waals surface area (Å²) in [5, 5.41) is 2.73. The number of anilines is 2. The van der Waals surface area contributed by atoms with Gasteiger partial charge in [-0.1, -0.05) is 0 Å². The van der Waals surface area contributed by atoms with E-state index in [0.29, 0.717) is 11.2 Å². The van der Waals surface area contributed by atoms with E-state index in [4.69, 9.17) is 10.5 Å². The Kier molecular flexibility index (Phi) is 4.01. The lowest BCUT2D eigenvalue weighted by molar-refractivity contribution is 0.242. The summed E-state index contributed by atoms with van der Waals surface area (Å²) in [4.78, 5) is 6.87. The highest BCUT2D eigenvalue weighted by atomic mass is 32.1. The van der Waals surface area contributed by atoms with Gasteiger partial charge in [0.25, 0.3) is 0 Å². The van der Waals surface area contributed by atoms with Crippen molar-refractivity contribution in [2.75, 3.05) is 17.2 Å². The Bertz CT molecular complexity index is 594. The van der Waals surface area contributed by atoms with E-state index in [2.05, 4.69) is 27.4 Å². The summed E-state index contributed by atoms with van der Waals surface area (Å²) in [5.41, 5.74) is 8.09. The lowest BCUT2D eigenvalue weighted by Gasteiger charge is -2.26. The maximum atomic E-state index is 5.77. The first-order valence-electron chi connectivity index (χ1n) is 7.38. The summed E-state index contributed by atoms with van der Waals surface area (Å²) in [6.07, 6.45) is 2.52. The molecule has 1 atom stereocenters. The van der Waals surface area contributed by atoms with E-state index in [0.717, 1.165) is 24.4 Å². The Morgan fingerprint density at radius 3 is 2.71 bits per heavy atom. The molecule has 0 amide bonds. The van der Waals surface area contributed by atoms with Gasteiger partial charge >= 0.3 is 0 Å². The van der Waals surface area contributed by atoms with Crippen LogP contribution >= 0.6 is 11.3 Å². The van der Waals surface area contributed by atoms with E-state index in [9.17, 15) is 0 Å². The monoisotopic (exact) mass is 303 g/mol. The molecule has 2 heterocycles. The fourth-order valence-corrected chi connectivity index (χ4v) is 3.43. The Balaban J connectivity index is 1.78. The average molecular weight is 303 g/mol. The molecule has 0 radical (unpaired) electrons. The molecule has 21 heavy (non-hydrogen) atoms. The van der Waals surface area contributed by atoms with Gasteiger partial charge in [-0.2, -0.15) is 0 Å². The van der Waals surface area contributed by atoms with Crippen molar-refractivity contribution in [1.29, 1.82) is 0 Å². The Morgan fingerprint density at radius 2 is 2.10 bits per heavy atom. The maximum Gasteiger partial charge on any atom is 0.180 e. The third-order valence-electron chi connectivity index (χ3n) is 3.67. The van der Waals surface area contributed by atoms with E-state index in [1.54, 1.807) is 0 Å². The number of benzene rings is 1. The molecule has 5 heteroatoms. The lowest BCUT2D eigenvalue weighted by Crippen LogP contribution is -2.22. The zero-order chi connectivity index (χ0) is 14.8. The molecule has 4 nitrogen and oxygen atoms in total. The van der Waals surface area contributed by atoms with Gasteiger partial charge in [-0.25, -0.2) is 4.98 Å². The van der Waals surface area contributed by atoms with Gasteiger partial charge in [-0.05, 0) is 51.0 Å². The smallest absolute Gasteiger partial charge is 0.180 e. The van der Waals surface area contributed by atoms with Crippen LogP contribution < -0.4 is 15.4 Å². The van der Waals surface area contributed by atoms with Crippen LogP contribution in [0.25, 0.3) is 0 Å². The maximum absolute atomic E-state index is 5.77. The Labute approximate surface area is 129 Å². The number of hydrogen-bond donors (Lipinski definition) is 1. The lowest BCUT2D eigenvalue weighted by atomic mass is 10.1. The number of aromatic nitrogens is 1. The largest absolute Gasteiger partial charge is 0.491 e. The van der Waals surface area contributed by atoms with Gasteiger partial charge in [-0.3, -0.25) is 0 Å². The zero-order valence-corrected chi connectivity index (χ0v) is 13.3. The fourth-order valence-electron chi connectivity index (χ4n) is 2.83. The number of nitrogens with two attached hydrogens (primary N) is 1. The molecule has 0 saturated carbocycles. The summed E-state index contributed by atoms with van der Waals surface area (Å²) in [7, 11) is 0. The van der Waals surface area contributed by atoms with Gasteiger partial charge < -0.3 is 15.4 Å². The summed E-state index contributed by atoms with van der Waals surface area (Å²) in [5.74, 6) is 0.919. The number of nitrogen functional groups attached to an aromatic ring is 1. The van der Waals surface area contributed by atoms with E-state index in [-0.39, 0.29) is 6.10 Å². The van der Waals surface area contributed by atoms with Crippen LogP contribution in [0.2, 0.25) is 0 Å². The van der Waals surface area contributed by atoms with E-state index < -0.39 is 0 Å². The average Bonchev–Trinajstić information content (AvgIpc) is 3.07. The summed E-state index contributed by atoms with van der Waals surface area (Å²) in [6, 6.07) is 8.69. The van der Waals surface area contributed by atoms with Gasteiger partial charge in [0.05, 0.1) is 17.8 Å². The first-order valence-corrected chi connectivity index (χ1v) is 8.25. The van der Waals surface area contributed by atoms with Crippen LogP contribution in [0.4, 0.5) is 10.8 Å². The van der Waals surface area contributed by atoms with E-state index in [1.165, 1.54) is 23.4 Å². The highest BCUT2D eigenvalue weighted by Gasteiger charge is 2.28. The molecule has 1 aromatic heterocycles. The van der Waals surface area contributed by atoms with E-state index in [1.807, 2.05) is 26.0 Å². The van der Waals surface area contributed by atoms with Crippen molar-refractivity contribution in [3.8, 4) is 5.75 Å². The fraction of sp³-hybridized carbons (Fsp3) is 0.438. The second-order valence-corrected chi connectivity index (χ2v) is 6.51. The molecule has 0 spiro atoms. The molecule has 112 valence electrons. The normalized spacial score (nSPS) is 18.4. The van der Waals surface area contributed by atoms with Crippen LogP contribution in [0, 0.1) is 0 Å². The van der Waals surface area contributed by atoms with Gasteiger partial charge in [-0.15, -0.1) is 11.3 Å². The molecular weight excluding hydrogens is 282 g/mol. The molecule has 0 bridgehead atoms. The molecule has 1 fully saturated rings. The molecule has 0 unspecified atom stereocenters. The van der Waals surface area contributed by atoms with Gasteiger partial charge in [0, 0.05) is 17.6 Å². The van der Waals surface area contributed by atoms with Crippen molar-refractivity contribution >= 4 is 22.2 Å². The first kappa shape index (κ1) is 14.2. The SMILES string of the molecule is CC(C)Oc1ccc(N2CCC[C@@H]2c2csc(N)n2)cc1. The third kappa shape index (κ3) is 3.13. The molecule has 3 rings (SSSR count). The van der Waals surface area contributed by atoms with Crippen LogP contribution in [0.15, 0.2) is 29.6 Å². The minimum absolute atomic E-state index is 0.202. The van der Waals surface area contributed by atoms with Gasteiger partial charge in [0.1, 0.15) is 5.75 Å². The van der Waals surface area contributed by atoms with Gasteiger partial charge in [0.15, 0.2) is 5.13 Å². The number of rotatable bonds is 4. The van der Waals surface area contributed by atoms with Crippen molar-refractivity contribution in [2.24, 2.45) is 0 Å². The molecule has 1 aliphatic rings. The molecule has 1 saturated heterocycles. The zero-order valence-electron chi connectivity index (χ0n) is 12.5. The highest BCUT2D eigenvalue weighted by Crippen LogP contribution is 2.37. The van der Waals surface area contributed by atoms with E-state index >= 15 is 0 Å². The molecule has 1 aromatic carbocycles. The molecule has 2 aromatic rings. The Morgan fingerprint density at radius 1 is 1.33 bits per heavy atom. The number of ether oxygens (including phenoxy) is 1. The summed E-state index contributed by atoms with van der Waals surface area (Å²) < 4.78 is 5.70. The van der Waals surface area contributed by atoms with Crippen LogP contribution in [0.5, 0.6) is 5.75 Å². The second kappa shape index (κ2) is 5.93. The van der Waals surface area contributed by atoms with Crippen LogP contribution in [-0.4, -0.2) is 17.6 Å². The minimum Gasteiger partial charge on any atom is -0.491 e. The number of thiazole rings is 1. The predicted octanol–water partition coefficient (Wildman–Crippen LogP) is 3.85. The van der Waals surface area contributed by atoms with Crippen molar-refractivity contribution in [3.63, 3.8) is 0 Å². The van der Waals surface area contributed by atoms with Crippen molar-refractivity contribution < 1.29 is 4.74 Å². The van der Waals surface area contributed by atoms with Crippen LogP contribution in [0.3, 0.4) is 0 Å². The highest BCUT2D eigenvalue weighted by molar-refractivity contribution is 7.13. The Hall–Kier alpha value is -1.75. The number of nitrogens with zero attached hydrogens (tertiary/aromatic N) is 2. The first-order chi connectivity index (χ1) is 10.1. The predicted molar refractivity (Wildman–Crippen MR) is 88.1 cm³/mol. The number of hydrogen-bond acceptors (Lipinski definition) is 5. The molecule has 1 aliphatic heterocycles. The van der Waals surface area contributed by atoms with Crippen LogP contribution in [0.1, 0.15) is 38.4 Å². The molecular formula is C16H21N3OS. The van der Waals surface area contributed by atoms with Crippen LogP contribution in [-0.2, 0) is 0 Å². The summed E-state index contributed by atoms with van der Waals surface area (Å²) >= 11 is 1.52. The quantitative estimate of drug-likeness (QED) is 0.932. The minimum atomic E-state index is 0.202. The molecule has 0 aliphatic carbocycles.